The van der Waals surface area contributed by atoms with Gasteiger partial charge in [-0.2, -0.15) is 5.26 Å². The molecule has 96 valence electrons. The fourth-order valence-corrected chi connectivity index (χ4v) is 3.69. The molecule has 3 heteroatoms. The summed E-state index contributed by atoms with van der Waals surface area (Å²) < 4.78 is 1.22. The van der Waals surface area contributed by atoms with Gasteiger partial charge in [-0.05, 0) is 36.7 Å². The van der Waals surface area contributed by atoms with Gasteiger partial charge >= 0.3 is 0 Å². The Morgan fingerprint density at radius 3 is 3.00 bits per heavy atom. The molecule has 0 fully saturated rings. The first-order valence-corrected chi connectivity index (χ1v) is 7.48. The zero-order valence-corrected chi connectivity index (χ0v) is 11.8. The molecule has 2 aromatic rings. The normalized spacial score (nSPS) is 16.3. The number of fused-ring (bicyclic) bond motifs is 1. The van der Waals surface area contributed by atoms with E-state index in [1.54, 1.807) is 11.3 Å². The van der Waals surface area contributed by atoms with E-state index in [0.29, 0.717) is 0 Å². The molecule has 0 spiro atoms. The highest BCUT2D eigenvalue weighted by atomic mass is 32.1. The van der Waals surface area contributed by atoms with Gasteiger partial charge in [0.25, 0.3) is 0 Å². The highest BCUT2D eigenvalue weighted by molar-refractivity contribution is 7.20. The van der Waals surface area contributed by atoms with Crippen LogP contribution in [-0.4, -0.2) is 24.5 Å². The summed E-state index contributed by atoms with van der Waals surface area (Å²) in [5, 5.41) is 10.3. The molecule has 2 heterocycles. The van der Waals surface area contributed by atoms with E-state index in [2.05, 4.69) is 36.1 Å². The molecule has 1 aliphatic heterocycles. The van der Waals surface area contributed by atoms with Crippen molar-refractivity contribution in [1.29, 1.82) is 5.26 Å². The van der Waals surface area contributed by atoms with E-state index in [9.17, 15) is 0 Å². The molecule has 0 saturated carbocycles. The average molecular weight is 268 g/mol. The van der Waals surface area contributed by atoms with Crippen molar-refractivity contribution in [3.63, 3.8) is 0 Å². The fourth-order valence-electron chi connectivity index (χ4n) is 2.54. The maximum absolute atomic E-state index is 9.16. The van der Waals surface area contributed by atoms with Crippen molar-refractivity contribution in [2.75, 3.05) is 19.6 Å². The van der Waals surface area contributed by atoms with Gasteiger partial charge in [0.05, 0.1) is 11.6 Å². The van der Waals surface area contributed by atoms with Crippen LogP contribution in [0.4, 0.5) is 0 Å². The number of nitriles is 1. The summed E-state index contributed by atoms with van der Waals surface area (Å²) in [5.41, 5.74) is 2.22. The van der Waals surface area contributed by atoms with E-state index >= 15 is 0 Å². The molecule has 1 aromatic carbocycles. The van der Waals surface area contributed by atoms with E-state index in [1.807, 2.05) is 12.1 Å². The third-order valence-corrected chi connectivity index (χ3v) is 4.91. The quantitative estimate of drug-likeness (QED) is 0.826. The molecule has 0 unspecified atom stereocenters. The highest BCUT2D eigenvalue weighted by Gasteiger charge is 2.14. The van der Waals surface area contributed by atoms with E-state index in [4.69, 9.17) is 5.26 Å². The predicted octanol–water partition coefficient (Wildman–Crippen LogP) is 3.88. The predicted molar refractivity (Wildman–Crippen MR) is 81.2 cm³/mol. The molecule has 0 N–H and O–H groups in total. The van der Waals surface area contributed by atoms with Gasteiger partial charge in [0, 0.05) is 28.1 Å². The Balaban J connectivity index is 1.99. The Bertz CT molecular complexity index is 676. The SMILES string of the molecule is CCN1CC=C(c2cc3c(C#N)cccc3s2)CC1. The third kappa shape index (κ3) is 2.30. The van der Waals surface area contributed by atoms with Crippen LogP contribution in [0.3, 0.4) is 0 Å². The van der Waals surface area contributed by atoms with Crippen molar-refractivity contribution in [3.05, 3.63) is 40.8 Å². The van der Waals surface area contributed by atoms with Crippen LogP contribution < -0.4 is 0 Å². The molecule has 2 nitrogen and oxygen atoms in total. The molecule has 1 aliphatic rings. The molecular formula is C16H16N2S. The smallest absolute Gasteiger partial charge is 0.0998 e. The summed E-state index contributed by atoms with van der Waals surface area (Å²) >= 11 is 1.80. The number of hydrogen-bond donors (Lipinski definition) is 0. The highest BCUT2D eigenvalue weighted by Crippen LogP contribution is 2.34. The van der Waals surface area contributed by atoms with Crippen LogP contribution in [0, 0.1) is 11.3 Å². The number of likely N-dealkylation sites (N-methyl/N-ethyl adjacent to an activating group) is 1. The second-order valence-electron chi connectivity index (χ2n) is 4.81. The van der Waals surface area contributed by atoms with Crippen molar-refractivity contribution in [2.45, 2.75) is 13.3 Å². The standard InChI is InChI=1S/C16H16N2S/c1-2-18-8-6-12(7-9-18)16-10-14-13(11-17)4-3-5-15(14)19-16/h3-6,10H,2,7-9H2,1H3. The summed E-state index contributed by atoms with van der Waals surface area (Å²) in [6.07, 6.45) is 3.45. The lowest BCUT2D eigenvalue weighted by Gasteiger charge is -2.24. The minimum Gasteiger partial charge on any atom is -0.300 e. The zero-order chi connectivity index (χ0) is 13.2. The van der Waals surface area contributed by atoms with Crippen molar-refractivity contribution in [2.24, 2.45) is 0 Å². The lowest BCUT2D eigenvalue weighted by molar-refractivity contribution is 0.319. The van der Waals surface area contributed by atoms with E-state index in [-0.39, 0.29) is 0 Å². The van der Waals surface area contributed by atoms with Gasteiger partial charge < -0.3 is 0 Å². The molecule has 0 aliphatic carbocycles. The summed E-state index contributed by atoms with van der Waals surface area (Å²) in [6.45, 7) is 5.51. The lowest BCUT2D eigenvalue weighted by Crippen LogP contribution is -2.27. The van der Waals surface area contributed by atoms with E-state index in [0.717, 1.165) is 37.0 Å². The molecule has 0 radical (unpaired) electrons. The second-order valence-corrected chi connectivity index (χ2v) is 5.90. The van der Waals surface area contributed by atoms with Crippen molar-refractivity contribution in [1.82, 2.24) is 4.90 Å². The Kier molecular flexibility index (Phi) is 3.37. The second kappa shape index (κ2) is 5.16. The Morgan fingerprint density at radius 2 is 2.32 bits per heavy atom. The maximum Gasteiger partial charge on any atom is 0.0998 e. The molecule has 0 saturated heterocycles. The van der Waals surface area contributed by atoms with Crippen LogP contribution in [0.15, 0.2) is 30.3 Å². The Labute approximate surface area is 117 Å². The summed E-state index contributed by atoms with van der Waals surface area (Å²) in [6, 6.07) is 10.4. The van der Waals surface area contributed by atoms with Gasteiger partial charge in [-0.3, -0.25) is 4.90 Å². The third-order valence-electron chi connectivity index (χ3n) is 3.74. The van der Waals surface area contributed by atoms with Gasteiger partial charge in [0.2, 0.25) is 0 Å². The number of hydrogen-bond acceptors (Lipinski definition) is 3. The summed E-state index contributed by atoms with van der Waals surface area (Å²) in [4.78, 5) is 3.77. The van der Waals surface area contributed by atoms with E-state index < -0.39 is 0 Å². The Morgan fingerprint density at radius 1 is 1.42 bits per heavy atom. The first-order chi connectivity index (χ1) is 9.31. The largest absolute Gasteiger partial charge is 0.300 e. The fraction of sp³-hybridized carbons (Fsp3) is 0.312. The lowest BCUT2D eigenvalue weighted by atomic mass is 10.0. The number of rotatable bonds is 2. The van der Waals surface area contributed by atoms with Crippen molar-refractivity contribution < 1.29 is 0 Å². The van der Waals surface area contributed by atoms with Crippen LogP contribution in [0.1, 0.15) is 23.8 Å². The minimum atomic E-state index is 0.784. The first kappa shape index (κ1) is 12.4. The topological polar surface area (TPSA) is 27.0 Å². The molecule has 0 amide bonds. The van der Waals surface area contributed by atoms with Crippen molar-refractivity contribution in [3.8, 4) is 6.07 Å². The number of thiophene rings is 1. The molecular weight excluding hydrogens is 252 g/mol. The average Bonchev–Trinajstić information content (AvgIpc) is 2.91. The van der Waals surface area contributed by atoms with Crippen LogP contribution in [0.5, 0.6) is 0 Å². The van der Waals surface area contributed by atoms with Gasteiger partial charge in [-0.1, -0.05) is 19.1 Å². The number of nitrogens with zero attached hydrogens (tertiary/aromatic N) is 2. The van der Waals surface area contributed by atoms with Gasteiger partial charge in [0.15, 0.2) is 0 Å². The van der Waals surface area contributed by atoms with Crippen LogP contribution in [-0.2, 0) is 0 Å². The van der Waals surface area contributed by atoms with E-state index in [1.165, 1.54) is 15.2 Å². The Hall–Kier alpha value is -1.63. The maximum atomic E-state index is 9.16. The monoisotopic (exact) mass is 268 g/mol. The molecule has 0 atom stereocenters. The molecule has 1 aromatic heterocycles. The van der Waals surface area contributed by atoms with Gasteiger partial charge in [-0.15, -0.1) is 11.3 Å². The minimum absolute atomic E-state index is 0.784. The van der Waals surface area contributed by atoms with Crippen LogP contribution in [0.25, 0.3) is 15.7 Å². The van der Waals surface area contributed by atoms with Crippen molar-refractivity contribution >= 4 is 27.0 Å². The van der Waals surface area contributed by atoms with Crippen LogP contribution in [0.2, 0.25) is 0 Å². The van der Waals surface area contributed by atoms with Crippen LogP contribution >= 0.6 is 11.3 Å². The first-order valence-electron chi connectivity index (χ1n) is 6.66. The summed E-state index contributed by atoms with van der Waals surface area (Å²) in [7, 11) is 0. The summed E-state index contributed by atoms with van der Waals surface area (Å²) in [5.74, 6) is 0. The molecule has 19 heavy (non-hydrogen) atoms. The number of benzene rings is 1. The molecule has 0 bridgehead atoms. The molecule has 3 rings (SSSR count). The van der Waals surface area contributed by atoms with Gasteiger partial charge in [-0.25, -0.2) is 0 Å². The zero-order valence-electron chi connectivity index (χ0n) is 11.0. The van der Waals surface area contributed by atoms with Gasteiger partial charge in [0.1, 0.15) is 0 Å².